The van der Waals surface area contributed by atoms with Crippen LogP contribution in [0.25, 0.3) is 0 Å². The number of nitrogens with one attached hydrogen (secondary N) is 1. The van der Waals surface area contributed by atoms with Gasteiger partial charge in [-0.15, -0.1) is 0 Å². The van der Waals surface area contributed by atoms with Crippen molar-refractivity contribution in [1.29, 1.82) is 0 Å². The van der Waals surface area contributed by atoms with Crippen molar-refractivity contribution in [3.8, 4) is 0 Å². The first-order valence-corrected chi connectivity index (χ1v) is 7.71. The fourth-order valence-electron chi connectivity index (χ4n) is 3.09. The number of hydrogen-bond donors (Lipinski definition) is 1. The SMILES string of the molecule is Cc1nn(C(C)C)cc1CN1CC[C@H]2OCC(=O)N[C@@H]2C1. The van der Waals surface area contributed by atoms with Crippen LogP contribution >= 0.6 is 0 Å². The van der Waals surface area contributed by atoms with Gasteiger partial charge in [-0.25, -0.2) is 0 Å². The molecule has 3 heterocycles. The van der Waals surface area contributed by atoms with E-state index in [2.05, 4.69) is 42.3 Å². The zero-order valence-corrected chi connectivity index (χ0v) is 13.0. The van der Waals surface area contributed by atoms with Crippen molar-refractivity contribution in [2.75, 3.05) is 19.7 Å². The van der Waals surface area contributed by atoms with E-state index >= 15 is 0 Å². The molecule has 0 unspecified atom stereocenters. The summed E-state index contributed by atoms with van der Waals surface area (Å²) in [6.45, 7) is 9.28. The minimum atomic E-state index is 0.00177. The number of piperidine rings is 1. The number of hydrogen-bond acceptors (Lipinski definition) is 4. The summed E-state index contributed by atoms with van der Waals surface area (Å²) >= 11 is 0. The van der Waals surface area contributed by atoms with Gasteiger partial charge in [0.15, 0.2) is 0 Å². The van der Waals surface area contributed by atoms with E-state index in [4.69, 9.17) is 4.74 Å². The molecular weight excluding hydrogens is 268 g/mol. The topological polar surface area (TPSA) is 59.4 Å². The highest BCUT2D eigenvalue weighted by Gasteiger charge is 2.34. The first-order chi connectivity index (χ1) is 10.0. The quantitative estimate of drug-likeness (QED) is 0.898. The summed E-state index contributed by atoms with van der Waals surface area (Å²) in [7, 11) is 0. The van der Waals surface area contributed by atoms with E-state index in [-0.39, 0.29) is 24.7 Å². The highest BCUT2D eigenvalue weighted by atomic mass is 16.5. The molecule has 0 radical (unpaired) electrons. The molecule has 0 aliphatic carbocycles. The van der Waals surface area contributed by atoms with Gasteiger partial charge in [-0.2, -0.15) is 5.10 Å². The Balaban J connectivity index is 1.64. The molecule has 21 heavy (non-hydrogen) atoms. The maximum atomic E-state index is 11.4. The Bertz CT molecular complexity index is 526. The Hall–Kier alpha value is -1.40. The highest BCUT2D eigenvalue weighted by molar-refractivity contribution is 5.78. The van der Waals surface area contributed by atoms with Crippen molar-refractivity contribution >= 4 is 5.91 Å². The van der Waals surface area contributed by atoms with Crippen LogP contribution in [-0.4, -0.2) is 52.4 Å². The van der Waals surface area contributed by atoms with E-state index < -0.39 is 0 Å². The van der Waals surface area contributed by atoms with Gasteiger partial charge in [0.2, 0.25) is 5.91 Å². The summed E-state index contributed by atoms with van der Waals surface area (Å²) in [4.78, 5) is 13.8. The smallest absolute Gasteiger partial charge is 0.246 e. The first kappa shape index (κ1) is 14.5. The number of amides is 1. The van der Waals surface area contributed by atoms with Crippen LogP contribution in [0.15, 0.2) is 6.20 Å². The molecule has 2 atom stereocenters. The van der Waals surface area contributed by atoms with Crippen LogP contribution in [0.3, 0.4) is 0 Å². The maximum Gasteiger partial charge on any atom is 0.246 e. The maximum absolute atomic E-state index is 11.4. The lowest BCUT2D eigenvalue weighted by molar-refractivity contribution is -0.140. The lowest BCUT2D eigenvalue weighted by Gasteiger charge is -2.41. The van der Waals surface area contributed by atoms with Gasteiger partial charge in [0.25, 0.3) is 0 Å². The van der Waals surface area contributed by atoms with E-state index in [1.807, 2.05) is 4.68 Å². The third-order valence-electron chi connectivity index (χ3n) is 4.35. The van der Waals surface area contributed by atoms with E-state index in [0.717, 1.165) is 31.7 Å². The normalized spacial score (nSPS) is 26.8. The van der Waals surface area contributed by atoms with Gasteiger partial charge < -0.3 is 10.1 Å². The van der Waals surface area contributed by atoms with Gasteiger partial charge in [-0.1, -0.05) is 0 Å². The molecule has 2 aliphatic rings. The minimum Gasteiger partial charge on any atom is -0.366 e. The molecule has 2 fully saturated rings. The molecular formula is C15H24N4O2. The van der Waals surface area contributed by atoms with E-state index in [0.29, 0.717) is 6.04 Å². The predicted octanol–water partition coefficient (Wildman–Crippen LogP) is 0.862. The summed E-state index contributed by atoms with van der Waals surface area (Å²) < 4.78 is 7.61. The number of nitrogens with zero attached hydrogens (tertiary/aromatic N) is 3. The summed E-state index contributed by atoms with van der Waals surface area (Å²) in [5.41, 5.74) is 2.36. The molecule has 2 aliphatic heterocycles. The standard InChI is InChI=1S/C15H24N4O2/c1-10(2)19-7-12(11(3)17-19)6-18-5-4-14-13(8-18)16-15(20)9-21-14/h7,10,13-14H,4-6,8-9H2,1-3H3,(H,16,20)/t13-,14-/m1/s1. The monoisotopic (exact) mass is 292 g/mol. The van der Waals surface area contributed by atoms with Crippen molar-refractivity contribution in [2.45, 2.75) is 51.9 Å². The number of fused-ring (bicyclic) bond motifs is 1. The lowest BCUT2D eigenvalue weighted by Crippen LogP contribution is -2.60. The number of aromatic nitrogens is 2. The molecule has 0 aromatic carbocycles. The van der Waals surface area contributed by atoms with Crippen molar-refractivity contribution in [3.63, 3.8) is 0 Å². The van der Waals surface area contributed by atoms with Gasteiger partial charge in [0, 0.05) is 37.4 Å². The van der Waals surface area contributed by atoms with E-state index in [1.54, 1.807) is 0 Å². The fraction of sp³-hybridized carbons (Fsp3) is 0.733. The predicted molar refractivity (Wildman–Crippen MR) is 78.9 cm³/mol. The second-order valence-corrected chi connectivity index (χ2v) is 6.36. The number of likely N-dealkylation sites (tertiary alicyclic amines) is 1. The number of carbonyl (C=O) groups is 1. The van der Waals surface area contributed by atoms with Gasteiger partial charge >= 0.3 is 0 Å². The molecule has 0 saturated carbocycles. The molecule has 1 N–H and O–H groups in total. The van der Waals surface area contributed by atoms with Gasteiger partial charge in [0.05, 0.1) is 17.8 Å². The Morgan fingerprint density at radius 3 is 3.05 bits per heavy atom. The van der Waals surface area contributed by atoms with Crippen LogP contribution in [-0.2, 0) is 16.1 Å². The van der Waals surface area contributed by atoms with Gasteiger partial charge in [-0.05, 0) is 27.2 Å². The van der Waals surface area contributed by atoms with Crippen LogP contribution < -0.4 is 5.32 Å². The third kappa shape index (κ3) is 3.11. The average Bonchev–Trinajstić information content (AvgIpc) is 2.80. The van der Waals surface area contributed by atoms with Crippen LogP contribution in [0.4, 0.5) is 0 Å². The van der Waals surface area contributed by atoms with Crippen molar-refractivity contribution in [3.05, 3.63) is 17.5 Å². The Morgan fingerprint density at radius 2 is 2.33 bits per heavy atom. The summed E-state index contributed by atoms with van der Waals surface area (Å²) in [6, 6.07) is 0.509. The third-order valence-corrected chi connectivity index (χ3v) is 4.35. The molecule has 1 aromatic rings. The van der Waals surface area contributed by atoms with Gasteiger partial charge in [-0.3, -0.25) is 14.4 Å². The molecule has 116 valence electrons. The highest BCUT2D eigenvalue weighted by Crippen LogP contribution is 2.20. The van der Waals surface area contributed by atoms with Crippen LogP contribution in [0, 0.1) is 6.92 Å². The molecule has 3 rings (SSSR count). The van der Waals surface area contributed by atoms with Crippen molar-refractivity contribution in [2.24, 2.45) is 0 Å². The molecule has 2 saturated heterocycles. The Kier molecular flexibility index (Phi) is 3.99. The Morgan fingerprint density at radius 1 is 1.52 bits per heavy atom. The molecule has 0 bridgehead atoms. The number of carbonyl (C=O) groups excluding carboxylic acids is 1. The zero-order valence-electron chi connectivity index (χ0n) is 13.0. The molecule has 0 spiro atoms. The summed E-state index contributed by atoms with van der Waals surface area (Å²) in [5, 5.41) is 7.61. The lowest BCUT2D eigenvalue weighted by atomic mass is 10.00. The minimum absolute atomic E-state index is 0.00177. The van der Waals surface area contributed by atoms with Crippen molar-refractivity contribution in [1.82, 2.24) is 20.0 Å². The summed E-state index contributed by atoms with van der Waals surface area (Å²) in [6.07, 6.45) is 3.29. The average molecular weight is 292 g/mol. The second-order valence-electron chi connectivity index (χ2n) is 6.36. The van der Waals surface area contributed by atoms with Gasteiger partial charge in [0.1, 0.15) is 6.61 Å². The molecule has 6 heteroatoms. The molecule has 1 aromatic heterocycles. The Labute approximate surface area is 125 Å². The second kappa shape index (κ2) is 5.77. The molecule has 1 amide bonds. The number of aryl methyl sites for hydroxylation is 1. The van der Waals surface area contributed by atoms with Crippen LogP contribution in [0.1, 0.15) is 37.6 Å². The fourth-order valence-corrected chi connectivity index (χ4v) is 3.09. The summed E-state index contributed by atoms with van der Waals surface area (Å²) in [5.74, 6) is 0.00177. The van der Waals surface area contributed by atoms with Crippen molar-refractivity contribution < 1.29 is 9.53 Å². The number of ether oxygens (including phenoxy) is 1. The largest absolute Gasteiger partial charge is 0.366 e. The first-order valence-electron chi connectivity index (χ1n) is 7.71. The van der Waals surface area contributed by atoms with Crippen LogP contribution in [0.5, 0.6) is 0 Å². The number of morpholine rings is 1. The molecule has 6 nitrogen and oxygen atoms in total. The van der Waals surface area contributed by atoms with E-state index in [9.17, 15) is 4.79 Å². The van der Waals surface area contributed by atoms with Crippen LogP contribution in [0.2, 0.25) is 0 Å². The van der Waals surface area contributed by atoms with E-state index in [1.165, 1.54) is 5.56 Å². The number of rotatable bonds is 3. The zero-order chi connectivity index (χ0) is 15.0.